The minimum absolute atomic E-state index is 0.198. The van der Waals surface area contributed by atoms with Crippen LogP contribution in [0.1, 0.15) is 33.6 Å². The number of nitrogens with zero attached hydrogens (tertiary/aromatic N) is 2. The Hall–Kier alpha value is -2.18. The monoisotopic (exact) mass is 373 g/mol. The number of rotatable bonds is 3. The number of fused-ring (bicyclic) bond motifs is 3. The van der Waals surface area contributed by atoms with Gasteiger partial charge in [0.05, 0.1) is 23.7 Å². The van der Waals surface area contributed by atoms with Gasteiger partial charge in [-0.15, -0.1) is 11.3 Å². The van der Waals surface area contributed by atoms with E-state index in [4.69, 9.17) is 16.3 Å². The van der Waals surface area contributed by atoms with Gasteiger partial charge in [0, 0.05) is 4.88 Å². The van der Waals surface area contributed by atoms with Gasteiger partial charge in [-0.2, -0.15) is 4.98 Å². The van der Waals surface area contributed by atoms with Crippen molar-refractivity contribution in [2.45, 2.75) is 25.7 Å². The lowest BCUT2D eigenvalue weighted by atomic mass is 9.97. The molecule has 5 nitrogen and oxygen atoms in total. The summed E-state index contributed by atoms with van der Waals surface area (Å²) in [5, 5.41) is 4.49. The Morgan fingerprint density at radius 1 is 1.24 bits per heavy atom. The van der Waals surface area contributed by atoms with E-state index in [0.717, 1.165) is 23.1 Å². The van der Waals surface area contributed by atoms with E-state index in [1.165, 1.54) is 30.4 Å². The lowest BCUT2D eigenvalue weighted by Gasteiger charge is -2.14. The number of carbonyl (C=O) groups excluding carboxylic acids is 1. The third-order valence-electron chi connectivity index (χ3n) is 4.37. The number of benzene rings is 1. The van der Waals surface area contributed by atoms with Gasteiger partial charge in [-0.05, 0) is 55.0 Å². The van der Waals surface area contributed by atoms with E-state index in [1.807, 2.05) is 12.1 Å². The number of aromatic nitrogens is 2. The molecule has 4 rings (SSSR count). The predicted octanol–water partition coefficient (Wildman–Crippen LogP) is 4.75. The SMILES string of the molecule is COC(=O)c1ccccc1Nc1nc(Cl)nc2sc3c(c12)CCCC3. The lowest BCUT2D eigenvalue weighted by molar-refractivity contribution is 0.0602. The van der Waals surface area contributed by atoms with Crippen molar-refractivity contribution in [3.63, 3.8) is 0 Å². The average molecular weight is 374 g/mol. The fourth-order valence-electron chi connectivity index (χ4n) is 3.23. The molecular formula is C18H16ClN3O2S. The number of thiophene rings is 1. The fraction of sp³-hybridized carbons (Fsp3) is 0.278. The Morgan fingerprint density at radius 2 is 2.04 bits per heavy atom. The van der Waals surface area contributed by atoms with Gasteiger partial charge in [0.15, 0.2) is 0 Å². The molecule has 0 saturated carbocycles. The van der Waals surface area contributed by atoms with E-state index in [-0.39, 0.29) is 5.28 Å². The first-order valence-corrected chi connectivity index (χ1v) is 9.29. The van der Waals surface area contributed by atoms with E-state index in [0.29, 0.717) is 17.1 Å². The molecule has 1 aromatic carbocycles. The van der Waals surface area contributed by atoms with E-state index in [1.54, 1.807) is 23.5 Å². The normalized spacial score (nSPS) is 13.5. The standard InChI is InChI=1S/C18H16ClN3O2S/c1-24-17(23)10-6-2-4-8-12(10)20-15-14-11-7-3-5-9-13(11)25-16(14)22-18(19)21-15/h2,4,6,8H,3,5,7,9H2,1H3,(H,20,21,22). The zero-order valence-electron chi connectivity index (χ0n) is 13.6. The number of hydrogen-bond acceptors (Lipinski definition) is 6. The number of carbonyl (C=O) groups is 1. The highest BCUT2D eigenvalue weighted by atomic mass is 35.5. The van der Waals surface area contributed by atoms with Gasteiger partial charge in [-0.1, -0.05) is 12.1 Å². The molecule has 2 heterocycles. The van der Waals surface area contributed by atoms with Gasteiger partial charge in [0.25, 0.3) is 0 Å². The molecule has 7 heteroatoms. The number of aryl methyl sites for hydroxylation is 2. The first-order chi connectivity index (χ1) is 12.2. The molecule has 0 spiro atoms. The second-order valence-corrected chi connectivity index (χ2v) is 7.32. The summed E-state index contributed by atoms with van der Waals surface area (Å²) in [6.45, 7) is 0. The minimum Gasteiger partial charge on any atom is -0.465 e. The highest BCUT2D eigenvalue weighted by Crippen LogP contribution is 2.40. The van der Waals surface area contributed by atoms with E-state index >= 15 is 0 Å². The summed E-state index contributed by atoms with van der Waals surface area (Å²) < 4.78 is 4.87. The van der Waals surface area contributed by atoms with Crippen LogP contribution in [0, 0.1) is 0 Å². The van der Waals surface area contributed by atoms with Crippen LogP contribution in [0.25, 0.3) is 10.2 Å². The second kappa shape index (κ2) is 6.61. The Balaban J connectivity index is 1.85. The highest BCUT2D eigenvalue weighted by molar-refractivity contribution is 7.19. The van der Waals surface area contributed by atoms with Crippen LogP contribution in [0.15, 0.2) is 24.3 Å². The number of hydrogen-bond donors (Lipinski definition) is 1. The summed E-state index contributed by atoms with van der Waals surface area (Å²) in [4.78, 5) is 23.1. The number of anilines is 2. The van der Waals surface area contributed by atoms with E-state index in [9.17, 15) is 4.79 Å². The Kier molecular flexibility index (Phi) is 4.31. The zero-order valence-corrected chi connectivity index (χ0v) is 15.2. The number of methoxy groups -OCH3 is 1. The fourth-order valence-corrected chi connectivity index (χ4v) is 4.71. The molecule has 1 aliphatic carbocycles. The van der Waals surface area contributed by atoms with Crippen LogP contribution in [0.5, 0.6) is 0 Å². The quantitative estimate of drug-likeness (QED) is 0.530. The van der Waals surface area contributed by atoms with Gasteiger partial charge in [-0.3, -0.25) is 0 Å². The van der Waals surface area contributed by atoms with Crippen molar-refractivity contribution in [3.8, 4) is 0 Å². The molecule has 0 fully saturated rings. The first kappa shape index (κ1) is 16.3. The van der Waals surface area contributed by atoms with Crippen LogP contribution in [0.3, 0.4) is 0 Å². The highest BCUT2D eigenvalue weighted by Gasteiger charge is 2.22. The van der Waals surface area contributed by atoms with Crippen molar-refractivity contribution in [1.82, 2.24) is 9.97 Å². The predicted molar refractivity (Wildman–Crippen MR) is 100 cm³/mol. The Bertz CT molecular complexity index is 970. The topological polar surface area (TPSA) is 64.1 Å². The maximum absolute atomic E-state index is 12.0. The Labute approximate surface area is 154 Å². The molecule has 3 aromatic rings. The third kappa shape index (κ3) is 2.96. The average Bonchev–Trinajstić information content (AvgIpc) is 2.99. The molecule has 25 heavy (non-hydrogen) atoms. The molecule has 0 bridgehead atoms. The Morgan fingerprint density at radius 3 is 2.88 bits per heavy atom. The van der Waals surface area contributed by atoms with Crippen molar-refractivity contribution in [2.75, 3.05) is 12.4 Å². The smallest absolute Gasteiger partial charge is 0.339 e. The van der Waals surface area contributed by atoms with Crippen molar-refractivity contribution in [3.05, 3.63) is 45.6 Å². The number of nitrogens with one attached hydrogen (secondary N) is 1. The molecule has 0 amide bonds. The molecular weight excluding hydrogens is 358 g/mol. The number of esters is 1. The first-order valence-electron chi connectivity index (χ1n) is 8.09. The lowest BCUT2D eigenvalue weighted by Crippen LogP contribution is -2.07. The van der Waals surface area contributed by atoms with Crippen LogP contribution in [-0.4, -0.2) is 23.0 Å². The summed E-state index contributed by atoms with van der Waals surface area (Å²) in [7, 11) is 1.37. The zero-order chi connectivity index (χ0) is 17.4. The number of para-hydroxylation sites is 1. The van der Waals surface area contributed by atoms with Gasteiger partial charge in [0.2, 0.25) is 5.28 Å². The van der Waals surface area contributed by atoms with Gasteiger partial charge < -0.3 is 10.1 Å². The van der Waals surface area contributed by atoms with E-state index < -0.39 is 5.97 Å². The summed E-state index contributed by atoms with van der Waals surface area (Å²) in [6.07, 6.45) is 4.47. The maximum atomic E-state index is 12.0. The van der Waals surface area contributed by atoms with Crippen molar-refractivity contribution in [2.24, 2.45) is 0 Å². The molecule has 2 aromatic heterocycles. The molecule has 1 N–H and O–H groups in total. The summed E-state index contributed by atoms with van der Waals surface area (Å²) in [6, 6.07) is 7.20. The molecule has 0 unspecified atom stereocenters. The van der Waals surface area contributed by atoms with Gasteiger partial charge in [0.1, 0.15) is 10.6 Å². The van der Waals surface area contributed by atoms with Gasteiger partial charge in [-0.25, -0.2) is 9.78 Å². The molecule has 128 valence electrons. The van der Waals surface area contributed by atoms with Crippen molar-refractivity contribution < 1.29 is 9.53 Å². The van der Waals surface area contributed by atoms with Crippen LogP contribution in [-0.2, 0) is 17.6 Å². The van der Waals surface area contributed by atoms with Crippen LogP contribution >= 0.6 is 22.9 Å². The van der Waals surface area contributed by atoms with Crippen LogP contribution in [0.4, 0.5) is 11.5 Å². The van der Waals surface area contributed by atoms with Crippen molar-refractivity contribution >= 4 is 50.6 Å². The molecule has 0 aliphatic heterocycles. The molecule has 0 radical (unpaired) electrons. The third-order valence-corrected chi connectivity index (χ3v) is 5.73. The van der Waals surface area contributed by atoms with E-state index in [2.05, 4.69) is 15.3 Å². The second-order valence-electron chi connectivity index (χ2n) is 5.89. The van der Waals surface area contributed by atoms with Crippen molar-refractivity contribution in [1.29, 1.82) is 0 Å². The van der Waals surface area contributed by atoms with Crippen LogP contribution in [0.2, 0.25) is 5.28 Å². The summed E-state index contributed by atoms with van der Waals surface area (Å²) in [5.74, 6) is 0.248. The summed E-state index contributed by atoms with van der Waals surface area (Å²) >= 11 is 7.82. The molecule has 1 aliphatic rings. The minimum atomic E-state index is -0.396. The number of halogens is 1. The maximum Gasteiger partial charge on any atom is 0.339 e. The summed E-state index contributed by atoms with van der Waals surface area (Å²) in [5.41, 5.74) is 2.40. The van der Waals surface area contributed by atoms with Gasteiger partial charge >= 0.3 is 5.97 Å². The van der Waals surface area contributed by atoms with Crippen LogP contribution < -0.4 is 5.32 Å². The molecule has 0 atom stereocenters. The largest absolute Gasteiger partial charge is 0.465 e. The molecule has 0 saturated heterocycles. The number of ether oxygens (including phenoxy) is 1.